The summed E-state index contributed by atoms with van der Waals surface area (Å²) in [5.41, 5.74) is 2.37. The van der Waals surface area contributed by atoms with E-state index in [0.29, 0.717) is 36.0 Å². The van der Waals surface area contributed by atoms with Crippen molar-refractivity contribution in [2.75, 3.05) is 38.8 Å². The lowest BCUT2D eigenvalue weighted by molar-refractivity contribution is -0.134. The van der Waals surface area contributed by atoms with E-state index in [9.17, 15) is 4.79 Å². The van der Waals surface area contributed by atoms with Gasteiger partial charge in [-0.1, -0.05) is 0 Å². The number of rotatable bonds is 2. The molecule has 6 heteroatoms. The first-order valence-electron chi connectivity index (χ1n) is 11.1. The third kappa shape index (κ3) is 1.81. The molecule has 7 atom stereocenters. The van der Waals surface area contributed by atoms with Gasteiger partial charge in [-0.25, -0.2) is 0 Å². The lowest BCUT2D eigenvalue weighted by atomic mass is 9.52. The van der Waals surface area contributed by atoms with Crippen molar-refractivity contribution in [3.63, 3.8) is 0 Å². The molecule has 2 bridgehead atoms. The Morgan fingerprint density at radius 2 is 2.03 bits per heavy atom. The Kier molecular flexibility index (Phi) is 3.19. The summed E-state index contributed by atoms with van der Waals surface area (Å²) in [7, 11) is 3.38. The fraction of sp³-hybridized carbons (Fsp3) is 0.696. The average Bonchev–Trinajstić information content (AvgIpc) is 3.20. The van der Waals surface area contributed by atoms with Crippen molar-refractivity contribution in [2.45, 2.75) is 49.3 Å². The van der Waals surface area contributed by atoms with Crippen LogP contribution in [0.3, 0.4) is 0 Å². The van der Waals surface area contributed by atoms with Crippen LogP contribution in [-0.2, 0) is 14.9 Å². The molecule has 5 heterocycles. The predicted octanol–water partition coefficient (Wildman–Crippen LogP) is 2.19. The molecule has 0 radical (unpaired) electrons. The van der Waals surface area contributed by atoms with E-state index in [1.807, 2.05) is 0 Å². The number of methoxy groups -OCH3 is 2. The number of amides is 1. The van der Waals surface area contributed by atoms with Crippen molar-refractivity contribution < 1.29 is 19.0 Å². The molecule has 1 saturated carbocycles. The van der Waals surface area contributed by atoms with E-state index < -0.39 is 0 Å². The van der Waals surface area contributed by atoms with E-state index in [-0.39, 0.29) is 23.5 Å². The van der Waals surface area contributed by atoms with Crippen LogP contribution in [0.5, 0.6) is 11.5 Å². The molecule has 5 aliphatic heterocycles. The molecule has 29 heavy (non-hydrogen) atoms. The van der Waals surface area contributed by atoms with Crippen molar-refractivity contribution in [3.8, 4) is 11.5 Å². The number of hydrogen-bond donors (Lipinski definition) is 0. The minimum atomic E-state index is 0.00303. The number of carbonyl (C=O) groups is 1. The number of anilines is 1. The third-order valence-electron chi connectivity index (χ3n) is 9.24. The number of ether oxygens (including phenoxy) is 3. The van der Waals surface area contributed by atoms with E-state index in [2.05, 4.69) is 21.9 Å². The van der Waals surface area contributed by atoms with E-state index >= 15 is 0 Å². The molecule has 0 aromatic heterocycles. The van der Waals surface area contributed by atoms with Crippen molar-refractivity contribution in [1.29, 1.82) is 0 Å². The van der Waals surface area contributed by atoms with Crippen LogP contribution in [0, 0.1) is 17.8 Å². The summed E-state index contributed by atoms with van der Waals surface area (Å²) in [6.45, 7) is 3.15. The lowest BCUT2D eigenvalue weighted by Gasteiger charge is -2.59. The minimum absolute atomic E-state index is 0.00303. The highest BCUT2D eigenvalue weighted by molar-refractivity contribution is 5.99. The van der Waals surface area contributed by atoms with Crippen LogP contribution in [0.1, 0.15) is 31.2 Å². The molecule has 0 unspecified atom stereocenters. The van der Waals surface area contributed by atoms with E-state index in [1.54, 1.807) is 14.2 Å². The average molecular weight is 396 g/mol. The Labute approximate surface area is 171 Å². The van der Waals surface area contributed by atoms with Crippen LogP contribution in [-0.4, -0.2) is 62.9 Å². The SMILES string of the molecule is COc1cc2c(cc1OC)[C@@]13CCN4C[C@H]5CCO[C@@H]6CC(=O)N2[C@@H]1[C@@H]6[C@H]5C[C@@H]43. The van der Waals surface area contributed by atoms with Crippen molar-refractivity contribution in [2.24, 2.45) is 17.8 Å². The molecule has 6 nitrogen and oxygen atoms in total. The first-order chi connectivity index (χ1) is 14.2. The van der Waals surface area contributed by atoms with Crippen LogP contribution < -0.4 is 14.4 Å². The topological polar surface area (TPSA) is 51.2 Å². The van der Waals surface area contributed by atoms with Crippen LogP contribution in [0.15, 0.2) is 12.1 Å². The summed E-state index contributed by atoms with van der Waals surface area (Å²) in [4.78, 5) is 18.4. The maximum atomic E-state index is 13.5. The molecule has 1 spiro atoms. The Morgan fingerprint density at radius 3 is 2.86 bits per heavy atom. The predicted molar refractivity (Wildman–Crippen MR) is 107 cm³/mol. The molecule has 0 N–H and O–H groups in total. The van der Waals surface area contributed by atoms with Gasteiger partial charge in [-0.2, -0.15) is 0 Å². The van der Waals surface area contributed by atoms with Gasteiger partial charge in [0.25, 0.3) is 0 Å². The maximum Gasteiger partial charge on any atom is 0.229 e. The third-order valence-corrected chi connectivity index (χ3v) is 9.24. The lowest BCUT2D eigenvalue weighted by Crippen LogP contribution is -2.70. The summed E-state index contributed by atoms with van der Waals surface area (Å²) in [6, 6.07) is 4.98. The fourth-order valence-electron chi connectivity index (χ4n) is 8.32. The molecule has 4 saturated heterocycles. The first kappa shape index (κ1) is 16.9. The molecule has 154 valence electrons. The second-order valence-corrected chi connectivity index (χ2v) is 9.87. The van der Waals surface area contributed by atoms with Crippen LogP contribution >= 0.6 is 0 Å². The molecule has 1 aliphatic carbocycles. The Balaban J connectivity index is 1.51. The zero-order valence-electron chi connectivity index (χ0n) is 17.1. The monoisotopic (exact) mass is 396 g/mol. The summed E-state index contributed by atoms with van der Waals surface area (Å²) in [5.74, 6) is 3.54. The smallest absolute Gasteiger partial charge is 0.229 e. The summed E-state index contributed by atoms with van der Waals surface area (Å²) in [6.07, 6.45) is 4.12. The first-order valence-corrected chi connectivity index (χ1v) is 11.1. The Hall–Kier alpha value is -1.79. The molecule has 1 aromatic rings. The molecule has 7 rings (SSSR count). The highest BCUT2D eigenvalue weighted by Gasteiger charge is 2.71. The van der Waals surface area contributed by atoms with Crippen LogP contribution in [0.2, 0.25) is 0 Å². The number of fused-ring (bicyclic) bond motifs is 2. The van der Waals surface area contributed by atoms with Gasteiger partial charge in [0.05, 0.1) is 38.5 Å². The van der Waals surface area contributed by atoms with Gasteiger partial charge in [0, 0.05) is 36.6 Å². The van der Waals surface area contributed by atoms with Gasteiger partial charge in [-0.3, -0.25) is 9.69 Å². The zero-order chi connectivity index (χ0) is 19.5. The fourth-order valence-corrected chi connectivity index (χ4v) is 8.32. The Bertz CT molecular complexity index is 918. The maximum absolute atomic E-state index is 13.5. The van der Waals surface area contributed by atoms with Crippen LogP contribution in [0.25, 0.3) is 0 Å². The van der Waals surface area contributed by atoms with E-state index in [4.69, 9.17) is 14.2 Å². The normalized spacial score (nSPS) is 43.8. The number of nitrogens with zero attached hydrogens (tertiary/aromatic N) is 2. The van der Waals surface area contributed by atoms with Gasteiger partial charge >= 0.3 is 0 Å². The van der Waals surface area contributed by atoms with E-state index in [0.717, 1.165) is 37.4 Å². The molecular weight excluding hydrogens is 368 g/mol. The van der Waals surface area contributed by atoms with Gasteiger partial charge in [0.1, 0.15) is 0 Å². The minimum Gasteiger partial charge on any atom is -0.493 e. The molecule has 1 aromatic carbocycles. The second kappa shape index (κ2) is 5.46. The highest BCUT2D eigenvalue weighted by Crippen LogP contribution is 2.67. The second-order valence-electron chi connectivity index (χ2n) is 9.87. The number of hydrogen-bond acceptors (Lipinski definition) is 5. The summed E-state index contributed by atoms with van der Waals surface area (Å²) < 4.78 is 17.7. The zero-order valence-corrected chi connectivity index (χ0v) is 17.1. The molecular formula is C23H28N2O4. The van der Waals surface area contributed by atoms with Gasteiger partial charge in [0.2, 0.25) is 5.91 Å². The number of carbonyl (C=O) groups excluding carboxylic acids is 1. The van der Waals surface area contributed by atoms with Crippen LogP contribution in [0.4, 0.5) is 5.69 Å². The Morgan fingerprint density at radius 1 is 1.21 bits per heavy atom. The number of benzene rings is 1. The van der Waals surface area contributed by atoms with Crippen molar-refractivity contribution in [3.05, 3.63) is 17.7 Å². The van der Waals surface area contributed by atoms with E-state index in [1.165, 1.54) is 18.5 Å². The van der Waals surface area contributed by atoms with Gasteiger partial charge in [-0.15, -0.1) is 0 Å². The largest absolute Gasteiger partial charge is 0.493 e. The quantitative estimate of drug-likeness (QED) is 0.767. The van der Waals surface area contributed by atoms with Gasteiger partial charge in [-0.05, 0) is 49.3 Å². The van der Waals surface area contributed by atoms with Gasteiger partial charge in [0.15, 0.2) is 11.5 Å². The number of piperidine rings is 2. The molecule has 1 amide bonds. The summed E-state index contributed by atoms with van der Waals surface area (Å²) in [5, 5.41) is 0. The van der Waals surface area contributed by atoms with Crippen molar-refractivity contribution in [1.82, 2.24) is 4.90 Å². The standard InChI is InChI=1S/C23H28N2O4/c1-27-16-8-14-15(9-17(16)28-2)25-20(26)10-18-21-13-7-19-23(14,22(21)25)4-5-24(19)11-12(13)3-6-29-18/h8-9,12-13,18-19,21-22H,3-7,10-11H2,1-2H3/t12-,13+,18-,19-,21-,22-,23-/m1/s1. The molecule has 5 fully saturated rings. The highest BCUT2D eigenvalue weighted by atomic mass is 16.5. The van der Waals surface area contributed by atoms with Crippen molar-refractivity contribution >= 4 is 11.6 Å². The van der Waals surface area contributed by atoms with Gasteiger partial charge < -0.3 is 19.1 Å². The summed E-state index contributed by atoms with van der Waals surface area (Å²) >= 11 is 0. The molecule has 6 aliphatic rings.